The van der Waals surface area contributed by atoms with E-state index in [0.29, 0.717) is 31.9 Å². The van der Waals surface area contributed by atoms with Gasteiger partial charge < -0.3 is 15.0 Å². The van der Waals surface area contributed by atoms with Crippen LogP contribution >= 0.6 is 0 Å². The lowest BCUT2D eigenvalue weighted by Gasteiger charge is -2.16. The second kappa shape index (κ2) is 7.94. The van der Waals surface area contributed by atoms with E-state index in [0.717, 1.165) is 18.5 Å². The average molecular weight is 304 g/mol. The molecule has 0 radical (unpaired) electrons. The summed E-state index contributed by atoms with van der Waals surface area (Å²) >= 11 is 0. The van der Waals surface area contributed by atoms with Crippen molar-refractivity contribution in [2.45, 2.75) is 19.3 Å². The molecule has 1 saturated heterocycles. The summed E-state index contributed by atoms with van der Waals surface area (Å²) in [5.74, 6) is 0.607. The lowest BCUT2D eigenvalue weighted by molar-refractivity contribution is -0.128. The lowest BCUT2D eigenvalue weighted by Crippen LogP contribution is -2.28. The number of methoxy groups -OCH3 is 1. The number of carbonyl (C=O) groups excluding carboxylic acids is 2. The summed E-state index contributed by atoms with van der Waals surface area (Å²) in [5.41, 5.74) is 2.22. The first-order chi connectivity index (χ1) is 10.6. The smallest absolute Gasteiger partial charge is 0.224 e. The fourth-order valence-corrected chi connectivity index (χ4v) is 2.81. The first kappa shape index (κ1) is 16.5. The number of nitrogens with zero attached hydrogens (tertiary/aromatic N) is 1. The number of hydrogen-bond donors (Lipinski definition) is 1. The molecule has 5 nitrogen and oxygen atoms in total. The molecule has 1 N–H and O–H groups in total. The number of carbonyl (C=O) groups is 2. The van der Waals surface area contributed by atoms with E-state index >= 15 is 0 Å². The van der Waals surface area contributed by atoms with E-state index in [9.17, 15) is 9.59 Å². The second-order valence-electron chi connectivity index (χ2n) is 5.77. The molecule has 0 aromatic heterocycles. The van der Waals surface area contributed by atoms with Crippen LogP contribution < -0.4 is 5.32 Å². The van der Waals surface area contributed by atoms with Crippen LogP contribution in [0.1, 0.15) is 17.5 Å². The van der Waals surface area contributed by atoms with Gasteiger partial charge in [-0.1, -0.05) is 24.3 Å². The van der Waals surface area contributed by atoms with Crippen molar-refractivity contribution in [1.82, 2.24) is 10.2 Å². The molecular weight excluding hydrogens is 280 g/mol. The van der Waals surface area contributed by atoms with Gasteiger partial charge in [0.05, 0.1) is 13.0 Å². The van der Waals surface area contributed by atoms with Crippen molar-refractivity contribution in [3.63, 3.8) is 0 Å². The van der Waals surface area contributed by atoms with Gasteiger partial charge in [-0.15, -0.1) is 0 Å². The van der Waals surface area contributed by atoms with Crippen molar-refractivity contribution in [3.05, 3.63) is 35.4 Å². The van der Waals surface area contributed by atoms with E-state index < -0.39 is 0 Å². The molecule has 0 aliphatic carbocycles. The minimum Gasteiger partial charge on any atom is -0.383 e. The Morgan fingerprint density at radius 2 is 2.00 bits per heavy atom. The third-order valence-electron chi connectivity index (χ3n) is 4.05. The molecule has 120 valence electrons. The number of ether oxygens (including phenoxy) is 1. The predicted octanol–water partition coefficient (Wildman–Crippen LogP) is 1.01. The highest BCUT2D eigenvalue weighted by atomic mass is 16.5. The second-order valence-corrected chi connectivity index (χ2v) is 5.77. The highest BCUT2D eigenvalue weighted by Crippen LogP contribution is 2.22. The molecule has 2 amide bonds. The van der Waals surface area contributed by atoms with Gasteiger partial charge in [-0.2, -0.15) is 0 Å². The third kappa shape index (κ3) is 4.56. The molecule has 1 atom stereocenters. The van der Waals surface area contributed by atoms with E-state index in [2.05, 4.69) is 17.4 Å². The quantitative estimate of drug-likeness (QED) is 0.818. The van der Waals surface area contributed by atoms with Crippen LogP contribution in [0.3, 0.4) is 0 Å². The Hall–Kier alpha value is -1.88. The van der Waals surface area contributed by atoms with Crippen molar-refractivity contribution in [3.8, 4) is 0 Å². The van der Waals surface area contributed by atoms with E-state index in [1.54, 1.807) is 14.2 Å². The zero-order valence-corrected chi connectivity index (χ0v) is 13.3. The van der Waals surface area contributed by atoms with Gasteiger partial charge in [0, 0.05) is 33.7 Å². The maximum absolute atomic E-state index is 11.9. The molecular formula is C17H24N2O3. The van der Waals surface area contributed by atoms with Crippen LogP contribution in [0.5, 0.6) is 0 Å². The summed E-state index contributed by atoms with van der Waals surface area (Å²) in [5, 5.41) is 2.62. The van der Waals surface area contributed by atoms with E-state index in [1.807, 2.05) is 17.0 Å². The van der Waals surface area contributed by atoms with Gasteiger partial charge in [0.15, 0.2) is 0 Å². The number of likely N-dealkylation sites (N-methyl/N-ethyl adjacent to an activating group) is 1. The van der Waals surface area contributed by atoms with Gasteiger partial charge in [-0.3, -0.25) is 9.59 Å². The van der Waals surface area contributed by atoms with Crippen LogP contribution in [0.15, 0.2) is 24.3 Å². The molecule has 1 aromatic carbocycles. The van der Waals surface area contributed by atoms with Gasteiger partial charge in [0.25, 0.3) is 0 Å². The van der Waals surface area contributed by atoms with Gasteiger partial charge in [-0.25, -0.2) is 0 Å². The fraction of sp³-hybridized carbons (Fsp3) is 0.529. The van der Waals surface area contributed by atoms with Crippen LogP contribution in [0.25, 0.3) is 0 Å². The zero-order chi connectivity index (χ0) is 15.9. The fourth-order valence-electron chi connectivity index (χ4n) is 2.81. The SMILES string of the molecule is CNC(=O)Cc1ccc(C[C@H]2CC(=O)N(CCOC)C2)cc1. The van der Waals surface area contributed by atoms with Crippen LogP contribution in [-0.4, -0.2) is 50.6 Å². The molecule has 2 rings (SSSR count). The van der Waals surface area contributed by atoms with Gasteiger partial charge >= 0.3 is 0 Å². The Morgan fingerprint density at radius 1 is 1.32 bits per heavy atom. The molecule has 1 fully saturated rings. The molecule has 1 aliphatic heterocycles. The first-order valence-electron chi connectivity index (χ1n) is 7.67. The molecule has 1 heterocycles. The molecule has 1 aliphatic rings. The van der Waals surface area contributed by atoms with Gasteiger partial charge in [-0.05, 0) is 23.5 Å². The van der Waals surface area contributed by atoms with Crippen LogP contribution in [-0.2, 0) is 27.2 Å². The molecule has 22 heavy (non-hydrogen) atoms. The number of rotatable bonds is 7. The first-order valence-corrected chi connectivity index (χ1v) is 7.67. The van der Waals surface area contributed by atoms with Crippen LogP contribution in [0.4, 0.5) is 0 Å². The minimum absolute atomic E-state index is 0.0166. The van der Waals surface area contributed by atoms with Crippen molar-refractivity contribution >= 4 is 11.8 Å². The molecule has 0 unspecified atom stereocenters. The number of hydrogen-bond acceptors (Lipinski definition) is 3. The predicted molar refractivity (Wildman–Crippen MR) is 84.5 cm³/mol. The number of amides is 2. The summed E-state index contributed by atoms with van der Waals surface area (Å²) in [6, 6.07) is 8.09. The van der Waals surface area contributed by atoms with Crippen LogP contribution in [0, 0.1) is 5.92 Å². The van der Waals surface area contributed by atoms with Crippen molar-refractivity contribution in [2.75, 3.05) is 33.9 Å². The number of likely N-dealkylation sites (tertiary alicyclic amines) is 1. The summed E-state index contributed by atoms with van der Waals surface area (Å²) < 4.78 is 5.03. The Kier molecular flexibility index (Phi) is 5.95. The largest absolute Gasteiger partial charge is 0.383 e. The molecule has 0 saturated carbocycles. The number of benzene rings is 1. The molecule has 5 heteroatoms. The highest BCUT2D eigenvalue weighted by Gasteiger charge is 2.29. The molecule has 0 bridgehead atoms. The van der Waals surface area contributed by atoms with Crippen molar-refractivity contribution in [2.24, 2.45) is 5.92 Å². The summed E-state index contributed by atoms with van der Waals surface area (Å²) in [6.07, 6.45) is 1.92. The maximum atomic E-state index is 11.9. The van der Waals surface area contributed by atoms with Gasteiger partial charge in [0.2, 0.25) is 11.8 Å². The average Bonchev–Trinajstić information content (AvgIpc) is 2.86. The van der Waals surface area contributed by atoms with Crippen LogP contribution in [0.2, 0.25) is 0 Å². The topological polar surface area (TPSA) is 58.6 Å². The monoisotopic (exact) mass is 304 g/mol. The van der Waals surface area contributed by atoms with E-state index in [-0.39, 0.29) is 11.8 Å². The normalized spacial score (nSPS) is 17.8. The summed E-state index contributed by atoms with van der Waals surface area (Å²) in [4.78, 5) is 25.1. The third-order valence-corrected chi connectivity index (χ3v) is 4.05. The van der Waals surface area contributed by atoms with E-state index in [1.165, 1.54) is 5.56 Å². The van der Waals surface area contributed by atoms with Crippen molar-refractivity contribution < 1.29 is 14.3 Å². The Labute approximate surface area is 131 Å². The minimum atomic E-state index is 0.0166. The Balaban J connectivity index is 1.86. The van der Waals surface area contributed by atoms with Gasteiger partial charge in [0.1, 0.15) is 0 Å². The Morgan fingerprint density at radius 3 is 2.64 bits per heavy atom. The highest BCUT2D eigenvalue weighted by molar-refractivity contribution is 5.79. The molecule has 0 spiro atoms. The number of nitrogens with one attached hydrogen (secondary N) is 1. The van der Waals surface area contributed by atoms with E-state index in [4.69, 9.17) is 4.74 Å². The zero-order valence-electron chi connectivity index (χ0n) is 13.3. The summed E-state index contributed by atoms with van der Waals surface area (Å²) in [7, 11) is 3.29. The lowest BCUT2D eigenvalue weighted by atomic mass is 9.97. The Bertz CT molecular complexity index is 513. The summed E-state index contributed by atoms with van der Waals surface area (Å²) in [6.45, 7) is 2.08. The molecule has 1 aromatic rings. The maximum Gasteiger partial charge on any atom is 0.224 e. The van der Waals surface area contributed by atoms with Crippen molar-refractivity contribution in [1.29, 1.82) is 0 Å². The standard InChI is InChI=1S/C17H24N2O3/c1-18-16(20)10-14-5-3-13(4-6-14)9-15-11-17(21)19(12-15)7-8-22-2/h3-6,15H,7-12H2,1-2H3,(H,18,20)/t15-/m0/s1.